The van der Waals surface area contributed by atoms with E-state index in [1.807, 2.05) is 0 Å². The lowest BCUT2D eigenvalue weighted by Gasteiger charge is -2.26. The van der Waals surface area contributed by atoms with Crippen molar-refractivity contribution in [2.24, 2.45) is 0 Å². The number of hydrogen-bond donors (Lipinski definition) is 1. The molecule has 0 aliphatic rings. The molecule has 0 aliphatic heterocycles. The molecule has 0 aromatic heterocycles. The van der Waals surface area contributed by atoms with Crippen molar-refractivity contribution in [3.63, 3.8) is 0 Å². The van der Waals surface area contributed by atoms with Gasteiger partial charge < -0.3 is 10.1 Å². The van der Waals surface area contributed by atoms with Gasteiger partial charge >= 0.3 is 0 Å². The molecule has 0 fully saturated rings. The predicted molar refractivity (Wildman–Crippen MR) is 87.5 cm³/mol. The third-order valence-electron chi connectivity index (χ3n) is 4.28. The van der Waals surface area contributed by atoms with Gasteiger partial charge in [-0.1, -0.05) is 52.0 Å². The fraction of sp³-hybridized carbons (Fsp3) is 0.667. The zero-order valence-electron chi connectivity index (χ0n) is 13.8. The first kappa shape index (κ1) is 17.2. The number of hydrogen-bond acceptors (Lipinski definition) is 2. The average molecular weight is 277 g/mol. The van der Waals surface area contributed by atoms with Crippen molar-refractivity contribution in [2.75, 3.05) is 26.8 Å². The molecule has 0 aliphatic carbocycles. The fourth-order valence-electron chi connectivity index (χ4n) is 2.34. The second-order valence-electron chi connectivity index (χ2n) is 6.31. The van der Waals surface area contributed by atoms with E-state index in [-0.39, 0.29) is 5.41 Å². The SMILES string of the molecule is CCC(C)c1ccc(C(C)(C)CCNCCOC)cc1. The lowest BCUT2D eigenvalue weighted by Crippen LogP contribution is -2.27. The third kappa shape index (κ3) is 5.26. The molecule has 1 N–H and O–H groups in total. The van der Waals surface area contributed by atoms with Crippen LogP contribution in [-0.2, 0) is 10.2 Å². The number of nitrogens with one attached hydrogen (secondary N) is 1. The molecule has 0 heterocycles. The lowest BCUT2D eigenvalue weighted by atomic mass is 9.80. The molecule has 2 heteroatoms. The number of methoxy groups -OCH3 is 1. The van der Waals surface area contributed by atoms with Crippen LogP contribution in [0, 0.1) is 0 Å². The molecule has 1 aromatic rings. The molecule has 0 saturated heterocycles. The Balaban J connectivity index is 2.54. The Hall–Kier alpha value is -0.860. The van der Waals surface area contributed by atoms with Gasteiger partial charge in [-0.3, -0.25) is 0 Å². The molecule has 1 unspecified atom stereocenters. The van der Waals surface area contributed by atoms with E-state index in [9.17, 15) is 0 Å². The van der Waals surface area contributed by atoms with E-state index in [1.165, 1.54) is 17.5 Å². The maximum absolute atomic E-state index is 5.04. The zero-order valence-corrected chi connectivity index (χ0v) is 13.8. The molecule has 0 amide bonds. The van der Waals surface area contributed by atoms with Crippen LogP contribution in [0.4, 0.5) is 0 Å². The van der Waals surface area contributed by atoms with Crippen molar-refractivity contribution >= 4 is 0 Å². The van der Waals surface area contributed by atoms with Crippen LogP contribution in [-0.4, -0.2) is 26.8 Å². The summed E-state index contributed by atoms with van der Waals surface area (Å²) in [6, 6.07) is 9.19. The Bertz CT molecular complexity index is 370. The molecule has 20 heavy (non-hydrogen) atoms. The predicted octanol–water partition coefficient (Wildman–Crippen LogP) is 4.10. The van der Waals surface area contributed by atoms with Gasteiger partial charge in [-0.25, -0.2) is 0 Å². The van der Waals surface area contributed by atoms with Gasteiger partial charge in [0.05, 0.1) is 6.61 Å². The van der Waals surface area contributed by atoms with E-state index < -0.39 is 0 Å². The minimum Gasteiger partial charge on any atom is -0.383 e. The van der Waals surface area contributed by atoms with E-state index in [2.05, 4.69) is 57.3 Å². The summed E-state index contributed by atoms with van der Waals surface area (Å²) in [4.78, 5) is 0. The minimum atomic E-state index is 0.216. The van der Waals surface area contributed by atoms with Gasteiger partial charge in [-0.2, -0.15) is 0 Å². The van der Waals surface area contributed by atoms with E-state index in [0.29, 0.717) is 5.92 Å². The van der Waals surface area contributed by atoms with Gasteiger partial charge in [-0.15, -0.1) is 0 Å². The molecule has 0 bridgehead atoms. The summed E-state index contributed by atoms with van der Waals surface area (Å²) < 4.78 is 5.04. The van der Waals surface area contributed by atoms with Gasteiger partial charge in [0.1, 0.15) is 0 Å². The highest BCUT2D eigenvalue weighted by atomic mass is 16.5. The van der Waals surface area contributed by atoms with Crippen molar-refractivity contribution in [1.29, 1.82) is 0 Å². The van der Waals surface area contributed by atoms with Gasteiger partial charge in [0, 0.05) is 13.7 Å². The smallest absolute Gasteiger partial charge is 0.0587 e. The Kier molecular flexibility index (Phi) is 7.25. The minimum absolute atomic E-state index is 0.216. The van der Waals surface area contributed by atoms with Crippen LogP contribution >= 0.6 is 0 Å². The van der Waals surface area contributed by atoms with E-state index in [1.54, 1.807) is 7.11 Å². The fourth-order valence-corrected chi connectivity index (χ4v) is 2.34. The third-order valence-corrected chi connectivity index (χ3v) is 4.28. The monoisotopic (exact) mass is 277 g/mol. The normalized spacial score (nSPS) is 13.4. The van der Waals surface area contributed by atoms with Gasteiger partial charge in [0.25, 0.3) is 0 Å². The van der Waals surface area contributed by atoms with Crippen LogP contribution in [0.5, 0.6) is 0 Å². The van der Waals surface area contributed by atoms with E-state index in [0.717, 1.165) is 26.1 Å². The summed E-state index contributed by atoms with van der Waals surface area (Å²) in [5, 5.41) is 3.43. The molecule has 1 aromatic carbocycles. The maximum atomic E-state index is 5.04. The number of rotatable bonds is 9. The first-order chi connectivity index (χ1) is 9.51. The second kappa shape index (κ2) is 8.43. The molecule has 0 spiro atoms. The summed E-state index contributed by atoms with van der Waals surface area (Å²) in [5.41, 5.74) is 3.09. The van der Waals surface area contributed by atoms with Crippen molar-refractivity contribution in [1.82, 2.24) is 5.32 Å². The van der Waals surface area contributed by atoms with Crippen LogP contribution < -0.4 is 5.32 Å². The van der Waals surface area contributed by atoms with E-state index >= 15 is 0 Å². The largest absolute Gasteiger partial charge is 0.383 e. The molecule has 1 rings (SSSR count). The zero-order chi connectivity index (χ0) is 15.0. The highest BCUT2D eigenvalue weighted by Crippen LogP contribution is 2.28. The Morgan fingerprint density at radius 3 is 2.35 bits per heavy atom. The molecule has 1 atom stereocenters. The highest BCUT2D eigenvalue weighted by molar-refractivity contribution is 5.29. The lowest BCUT2D eigenvalue weighted by molar-refractivity contribution is 0.198. The Morgan fingerprint density at radius 2 is 1.80 bits per heavy atom. The van der Waals surface area contributed by atoms with Crippen molar-refractivity contribution in [3.05, 3.63) is 35.4 Å². The Morgan fingerprint density at radius 1 is 1.15 bits per heavy atom. The van der Waals surface area contributed by atoms with Crippen LogP contribution in [0.1, 0.15) is 57.6 Å². The van der Waals surface area contributed by atoms with Crippen molar-refractivity contribution in [3.8, 4) is 0 Å². The van der Waals surface area contributed by atoms with Crippen molar-refractivity contribution < 1.29 is 4.74 Å². The number of ether oxygens (including phenoxy) is 1. The molecule has 2 nitrogen and oxygen atoms in total. The summed E-state index contributed by atoms with van der Waals surface area (Å²) in [6.45, 7) is 11.9. The summed E-state index contributed by atoms with van der Waals surface area (Å²) in [6.07, 6.45) is 2.34. The van der Waals surface area contributed by atoms with Crippen LogP contribution in [0.3, 0.4) is 0 Å². The number of benzene rings is 1. The molecule has 0 saturated carbocycles. The molecule has 114 valence electrons. The van der Waals surface area contributed by atoms with Gasteiger partial charge in [-0.05, 0) is 41.8 Å². The van der Waals surface area contributed by atoms with Gasteiger partial charge in [0.2, 0.25) is 0 Å². The quantitative estimate of drug-likeness (QED) is 0.686. The molecule has 0 radical (unpaired) electrons. The average Bonchev–Trinajstić information content (AvgIpc) is 2.46. The first-order valence-corrected chi connectivity index (χ1v) is 7.81. The van der Waals surface area contributed by atoms with Crippen molar-refractivity contribution in [2.45, 2.75) is 51.9 Å². The van der Waals surface area contributed by atoms with Crippen LogP contribution in [0.2, 0.25) is 0 Å². The van der Waals surface area contributed by atoms with Crippen LogP contribution in [0.15, 0.2) is 24.3 Å². The maximum Gasteiger partial charge on any atom is 0.0587 e. The summed E-state index contributed by atoms with van der Waals surface area (Å²) in [7, 11) is 1.74. The first-order valence-electron chi connectivity index (χ1n) is 7.81. The Labute approximate surface area is 124 Å². The summed E-state index contributed by atoms with van der Waals surface area (Å²) in [5.74, 6) is 0.655. The topological polar surface area (TPSA) is 21.3 Å². The molecular formula is C18H31NO. The van der Waals surface area contributed by atoms with E-state index in [4.69, 9.17) is 4.74 Å². The van der Waals surface area contributed by atoms with Crippen LogP contribution in [0.25, 0.3) is 0 Å². The van der Waals surface area contributed by atoms with Gasteiger partial charge in [0.15, 0.2) is 0 Å². The standard InChI is InChI=1S/C18H31NO/c1-6-15(2)16-7-9-17(10-8-16)18(3,4)11-12-19-13-14-20-5/h7-10,15,19H,6,11-14H2,1-5H3. The summed E-state index contributed by atoms with van der Waals surface area (Å²) >= 11 is 0. The second-order valence-corrected chi connectivity index (χ2v) is 6.31. The molecular weight excluding hydrogens is 246 g/mol. The highest BCUT2D eigenvalue weighted by Gasteiger charge is 2.20.